The minimum atomic E-state index is -0.0623. The first-order valence-corrected chi connectivity index (χ1v) is 7.96. The molecule has 2 aromatic rings. The zero-order valence-corrected chi connectivity index (χ0v) is 13.3. The standard InChI is InChI=1S/C17H24N4O/c1-3-4-5-6-7-14(2)20-17(22)15-8-9-16(19-12-15)21-11-10-18-13-21/h8-14H,3-7H2,1-2H3,(H,20,22). The van der Waals surface area contributed by atoms with Crippen LogP contribution in [0.15, 0.2) is 37.1 Å². The van der Waals surface area contributed by atoms with Crippen LogP contribution in [0.5, 0.6) is 0 Å². The second-order valence-electron chi connectivity index (χ2n) is 5.60. The van der Waals surface area contributed by atoms with Gasteiger partial charge >= 0.3 is 0 Å². The minimum Gasteiger partial charge on any atom is -0.350 e. The molecule has 0 aromatic carbocycles. The van der Waals surface area contributed by atoms with E-state index in [1.807, 2.05) is 12.3 Å². The molecule has 1 N–H and O–H groups in total. The number of carbonyl (C=O) groups is 1. The van der Waals surface area contributed by atoms with Crippen molar-refractivity contribution < 1.29 is 4.79 Å². The van der Waals surface area contributed by atoms with E-state index in [4.69, 9.17) is 0 Å². The highest BCUT2D eigenvalue weighted by atomic mass is 16.1. The van der Waals surface area contributed by atoms with Crippen LogP contribution in [0.1, 0.15) is 56.3 Å². The molecule has 0 saturated heterocycles. The fourth-order valence-corrected chi connectivity index (χ4v) is 2.32. The third-order valence-corrected chi connectivity index (χ3v) is 3.65. The maximum Gasteiger partial charge on any atom is 0.253 e. The lowest BCUT2D eigenvalue weighted by molar-refractivity contribution is 0.0937. The number of pyridine rings is 1. The Labute approximate surface area is 131 Å². The van der Waals surface area contributed by atoms with Gasteiger partial charge in [0.1, 0.15) is 12.1 Å². The van der Waals surface area contributed by atoms with Crippen molar-refractivity contribution in [2.24, 2.45) is 0 Å². The van der Waals surface area contributed by atoms with Crippen LogP contribution in [0, 0.1) is 0 Å². The summed E-state index contributed by atoms with van der Waals surface area (Å²) in [6.07, 6.45) is 12.7. The van der Waals surface area contributed by atoms with Gasteiger partial charge in [-0.05, 0) is 25.5 Å². The first-order valence-electron chi connectivity index (χ1n) is 7.96. The zero-order valence-electron chi connectivity index (χ0n) is 13.3. The highest BCUT2D eigenvalue weighted by molar-refractivity contribution is 5.94. The van der Waals surface area contributed by atoms with Crippen LogP contribution in [0.2, 0.25) is 0 Å². The fraction of sp³-hybridized carbons (Fsp3) is 0.471. The molecule has 0 bridgehead atoms. The predicted molar refractivity (Wildman–Crippen MR) is 87.0 cm³/mol. The van der Waals surface area contributed by atoms with E-state index in [0.29, 0.717) is 5.56 Å². The lowest BCUT2D eigenvalue weighted by Crippen LogP contribution is -2.32. The summed E-state index contributed by atoms with van der Waals surface area (Å²) in [5.74, 6) is 0.689. The number of nitrogens with one attached hydrogen (secondary N) is 1. The first kappa shape index (κ1) is 16.2. The number of carbonyl (C=O) groups excluding carboxylic acids is 1. The zero-order chi connectivity index (χ0) is 15.8. The molecular weight excluding hydrogens is 276 g/mol. The van der Waals surface area contributed by atoms with Gasteiger partial charge in [0, 0.05) is 24.6 Å². The smallest absolute Gasteiger partial charge is 0.253 e. The van der Waals surface area contributed by atoms with E-state index in [1.54, 1.807) is 29.4 Å². The van der Waals surface area contributed by atoms with Gasteiger partial charge in [-0.3, -0.25) is 9.36 Å². The summed E-state index contributed by atoms with van der Waals surface area (Å²) in [5, 5.41) is 3.03. The lowest BCUT2D eigenvalue weighted by atomic mass is 10.1. The van der Waals surface area contributed by atoms with Gasteiger partial charge in [-0.2, -0.15) is 0 Å². The Hall–Kier alpha value is -2.17. The monoisotopic (exact) mass is 300 g/mol. The van der Waals surface area contributed by atoms with E-state index in [1.165, 1.54) is 19.3 Å². The number of aromatic nitrogens is 3. The van der Waals surface area contributed by atoms with Crippen molar-refractivity contribution >= 4 is 5.91 Å². The molecule has 5 heteroatoms. The van der Waals surface area contributed by atoms with Gasteiger partial charge in [0.05, 0.1) is 5.56 Å². The summed E-state index contributed by atoms with van der Waals surface area (Å²) in [4.78, 5) is 20.5. The number of amides is 1. The summed E-state index contributed by atoms with van der Waals surface area (Å²) in [5.41, 5.74) is 0.587. The van der Waals surface area contributed by atoms with Crippen molar-refractivity contribution in [1.29, 1.82) is 0 Å². The van der Waals surface area contributed by atoms with Crippen LogP contribution in [-0.4, -0.2) is 26.5 Å². The van der Waals surface area contributed by atoms with Crippen molar-refractivity contribution in [1.82, 2.24) is 19.9 Å². The van der Waals surface area contributed by atoms with E-state index in [0.717, 1.165) is 18.7 Å². The number of nitrogens with zero attached hydrogens (tertiary/aromatic N) is 3. The van der Waals surface area contributed by atoms with Crippen LogP contribution < -0.4 is 5.32 Å². The highest BCUT2D eigenvalue weighted by Gasteiger charge is 2.10. The van der Waals surface area contributed by atoms with Crippen LogP contribution in [0.25, 0.3) is 5.82 Å². The Kier molecular flexibility index (Phi) is 6.13. The fourth-order valence-electron chi connectivity index (χ4n) is 2.32. The van der Waals surface area contributed by atoms with E-state index < -0.39 is 0 Å². The first-order chi connectivity index (χ1) is 10.7. The number of hydrogen-bond donors (Lipinski definition) is 1. The Balaban J connectivity index is 1.84. The van der Waals surface area contributed by atoms with Crippen molar-refractivity contribution in [2.45, 2.75) is 52.0 Å². The summed E-state index contributed by atoms with van der Waals surface area (Å²) < 4.78 is 1.80. The molecule has 1 amide bonds. The molecule has 0 fully saturated rings. The molecule has 0 aliphatic rings. The van der Waals surface area contributed by atoms with Gasteiger partial charge in [-0.25, -0.2) is 9.97 Å². The molecule has 118 valence electrons. The van der Waals surface area contributed by atoms with Gasteiger partial charge in [0.15, 0.2) is 0 Å². The molecule has 22 heavy (non-hydrogen) atoms. The number of unbranched alkanes of at least 4 members (excludes halogenated alkanes) is 3. The second-order valence-corrected chi connectivity index (χ2v) is 5.60. The van der Waals surface area contributed by atoms with Gasteiger partial charge in [-0.1, -0.05) is 32.6 Å². The van der Waals surface area contributed by atoms with Gasteiger partial charge < -0.3 is 5.32 Å². The minimum absolute atomic E-state index is 0.0623. The highest BCUT2D eigenvalue weighted by Crippen LogP contribution is 2.08. The largest absolute Gasteiger partial charge is 0.350 e. The molecule has 2 rings (SSSR count). The Morgan fingerprint density at radius 3 is 2.82 bits per heavy atom. The van der Waals surface area contributed by atoms with E-state index in [2.05, 4.69) is 29.1 Å². The average Bonchev–Trinajstić information content (AvgIpc) is 3.06. The molecule has 0 aliphatic heterocycles. The molecule has 5 nitrogen and oxygen atoms in total. The SMILES string of the molecule is CCCCCCC(C)NC(=O)c1ccc(-n2ccnc2)nc1. The summed E-state index contributed by atoms with van der Waals surface area (Å²) >= 11 is 0. The number of hydrogen-bond acceptors (Lipinski definition) is 3. The molecule has 0 radical (unpaired) electrons. The van der Waals surface area contributed by atoms with E-state index >= 15 is 0 Å². The molecule has 1 unspecified atom stereocenters. The molecular formula is C17H24N4O. The topological polar surface area (TPSA) is 59.8 Å². The molecule has 1 atom stereocenters. The molecule has 2 heterocycles. The summed E-state index contributed by atoms with van der Waals surface area (Å²) in [6, 6.07) is 3.81. The van der Waals surface area contributed by atoms with E-state index in [9.17, 15) is 4.79 Å². The maximum absolute atomic E-state index is 12.2. The van der Waals surface area contributed by atoms with Gasteiger partial charge in [0.25, 0.3) is 5.91 Å². The second kappa shape index (κ2) is 8.32. The normalized spacial score (nSPS) is 12.1. The molecule has 0 aliphatic carbocycles. The average molecular weight is 300 g/mol. The third-order valence-electron chi connectivity index (χ3n) is 3.65. The predicted octanol–water partition coefficient (Wildman–Crippen LogP) is 3.36. The number of rotatable bonds is 8. The van der Waals surface area contributed by atoms with Crippen molar-refractivity contribution in [3.63, 3.8) is 0 Å². The Morgan fingerprint density at radius 1 is 1.32 bits per heavy atom. The van der Waals surface area contributed by atoms with Crippen LogP contribution in [0.3, 0.4) is 0 Å². The van der Waals surface area contributed by atoms with Crippen LogP contribution in [0.4, 0.5) is 0 Å². The Morgan fingerprint density at radius 2 is 2.18 bits per heavy atom. The Bertz CT molecular complexity index is 563. The van der Waals surface area contributed by atoms with Crippen molar-refractivity contribution in [2.75, 3.05) is 0 Å². The number of imidazole rings is 1. The molecule has 0 spiro atoms. The quantitative estimate of drug-likeness (QED) is 0.760. The third kappa shape index (κ3) is 4.69. The van der Waals surface area contributed by atoms with E-state index in [-0.39, 0.29) is 11.9 Å². The summed E-state index contributed by atoms with van der Waals surface area (Å²) in [6.45, 7) is 4.25. The summed E-state index contributed by atoms with van der Waals surface area (Å²) in [7, 11) is 0. The van der Waals surface area contributed by atoms with Crippen LogP contribution in [-0.2, 0) is 0 Å². The van der Waals surface area contributed by atoms with Crippen LogP contribution >= 0.6 is 0 Å². The molecule has 0 saturated carbocycles. The van der Waals surface area contributed by atoms with Crippen molar-refractivity contribution in [3.05, 3.63) is 42.6 Å². The lowest BCUT2D eigenvalue weighted by Gasteiger charge is -2.13. The molecule has 2 aromatic heterocycles. The van der Waals surface area contributed by atoms with Crippen molar-refractivity contribution in [3.8, 4) is 5.82 Å². The van der Waals surface area contributed by atoms with Gasteiger partial charge in [0.2, 0.25) is 0 Å². The maximum atomic E-state index is 12.2. The van der Waals surface area contributed by atoms with Gasteiger partial charge in [-0.15, -0.1) is 0 Å².